The number of rotatable bonds is 9. The smallest absolute Gasteiger partial charge is 0.323 e. The molecule has 9 nitrogen and oxygen atoms in total. The number of ether oxygens (including phenoxy) is 1. The summed E-state index contributed by atoms with van der Waals surface area (Å²) in [4.78, 5) is 26.9. The maximum absolute atomic E-state index is 13.9. The van der Waals surface area contributed by atoms with Crippen molar-refractivity contribution in [2.45, 2.75) is 13.3 Å². The minimum absolute atomic E-state index is 0.0997. The fraction of sp³-hybridized carbons (Fsp3) is 0.320. The number of anilines is 3. The van der Waals surface area contributed by atoms with Crippen molar-refractivity contribution in [1.82, 2.24) is 9.27 Å². The summed E-state index contributed by atoms with van der Waals surface area (Å²) >= 11 is 1.19. The first-order chi connectivity index (χ1) is 17.4. The third-order valence-corrected chi connectivity index (χ3v) is 6.57. The molecular formula is C25H29FN6O3S. The van der Waals surface area contributed by atoms with Crippen molar-refractivity contribution >= 4 is 39.8 Å². The standard InChI is InChI=1S/C25H29FN6O3S/c1-16-3-8-19(26)20(15-16)30-25(34)29-18-6-4-17(5-7-18)22-21(23(27)33)24(36-31-22)28-9-2-10-32-11-13-35-14-12-32/h3-8,15,28H,2,9-14H2,1H3,(H2,27,33)(H2,29,30,34). The SMILES string of the molecule is Cc1ccc(F)c(NC(=O)Nc2ccc(-c3nsc(NCCCN4CCOCC4)c3C(N)=O)cc2)c1. The van der Waals surface area contributed by atoms with E-state index in [0.29, 0.717) is 34.1 Å². The van der Waals surface area contributed by atoms with E-state index in [1.54, 1.807) is 36.4 Å². The van der Waals surface area contributed by atoms with Crippen molar-refractivity contribution in [3.8, 4) is 11.3 Å². The van der Waals surface area contributed by atoms with Crippen LogP contribution in [0, 0.1) is 12.7 Å². The van der Waals surface area contributed by atoms with Gasteiger partial charge in [-0.1, -0.05) is 18.2 Å². The number of nitrogens with one attached hydrogen (secondary N) is 3. The number of nitrogens with zero attached hydrogens (tertiary/aromatic N) is 2. The highest BCUT2D eigenvalue weighted by atomic mass is 32.1. The van der Waals surface area contributed by atoms with Gasteiger partial charge in [-0.25, -0.2) is 9.18 Å². The Balaban J connectivity index is 1.37. The molecule has 36 heavy (non-hydrogen) atoms. The number of hydrogen-bond acceptors (Lipinski definition) is 7. The number of carbonyl (C=O) groups is 2. The number of hydrogen-bond donors (Lipinski definition) is 4. The molecule has 2 aromatic carbocycles. The van der Waals surface area contributed by atoms with E-state index in [-0.39, 0.29) is 5.69 Å². The molecule has 11 heteroatoms. The molecule has 190 valence electrons. The maximum Gasteiger partial charge on any atom is 0.323 e. The van der Waals surface area contributed by atoms with Crippen LogP contribution in [-0.4, -0.2) is 60.6 Å². The Morgan fingerprint density at radius 1 is 1.14 bits per heavy atom. The molecule has 0 atom stereocenters. The molecule has 5 N–H and O–H groups in total. The Kier molecular flexibility index (Phi) is 8.47. The molecule has 0 saturated carbocycles. The van der Waals surface area contributed by atoms with Crippen LogP contribution in [0.1, 0.15) is 22.3 Å². The van der Waals surface area contributed by atoms with Gasteiger partial charge >= 0.3 is 6.03 Å². The van der Waals surface area contributed by atoms with E-state index in [4.69, 9.17) is 10.5 Å². The zero-order valence-corrected chi connectivity index (χ0v) is 20.8. The molecular weight excluding hydrogens is 483 g/mol. The second kappa shape index (κ2) is 11.9. The number of aromatic nitrogens is 1. The maximum atomic E-state index is 13.9. The second-order valence-corrected chi connectivity index (χ2v) is 9.25. The molecule has 1 fully saturated rings. The van der Waals surface area contributed by atoms with Gasteiger partial charge in [0.2, 0.25) is 0 Å². The van der Waals surface area contributed by atoms with E-state index >= 15 is 0 Å². The molecule has 0 radical (unpaired) electrons. The average molecular weight is 513 g/mol. The molecule has 1 aliphatic heterocycles. The summed E-state index contributed by atoms with van der Waals surface area (Å²) in [6.45, 7) is 6.86. The molecule has 0 unspecified atom stereocenters. The van der Waals surface area contributed by atoms with Crippen molar-refractivity contribution in [3.05, 3.63) is 59.4 Å². The minimum Gasteiger partial charge on any atom is -0.379 e. The lowest BCUT2D eigenvalue weighted by molar-refractivity contribution is 0.0378. The summed E-state index contributed by atoms with van der Waals surface area (Å²) in [7, 11) is 0. The van der Waals surface area contributed by atoms with Crippen LogP contribution in [0.5, 0.6) is 0 Å². The van der Waals surface area contributed by atoms with Crippen LogP contribution >= 0.6 is 11.5 Å². The first-order valence-electron chi connectivity index (χ1n) is 11.7. The van der Waals surface area contributed by atoms with Gasteiger partial charge in [0.15, 0.2) is 0 Å². The number of urea groups is 1. The number of carbonyl (C=O) groups excluding carboxylic acids is 2. The van der Waals surface area contributed by atoms with Crippen LogP contribution in [-0.2, 0) is 4.74 Å². The summed E-state index contributed by atoms with van der Waals surface area (Å²) in [5.74, 6) is -1.07. The summed E-state index contributed by atoms with van der Waals surface area (Å²) < 4.78 is 23.7. The zero-order valence-electron chi connectivity index (χ0n) is 20.0. The van der Waals surface area contributed by atoms with E-state index in [1.165, 1.54) is 17.6 Å². The third kappa shape index (κ3) is 6.56. The molecule has 2 heterocycles. The van der Waals surface area contributed by atoms with Gasteiger partial charge in [0, 0.05) is 30.9 Å². The molecule has 0 aliphatic carbocycles. The Morgan fingerprint density at radius 2 is 1.89 bits per heavy atom. The fourth-order valence-electron chi connectivity index (χ4n) is 3.90. The topological polar surface area (TPSA) is 122 Å². The Hall–Kier alpha value is -3.54. The molecule has 1 aromatic heterocycles. The predicted molar refractivity (Wildman–Crippen MR) is 140 cm³/mol. The van der Waals surface area contributed by atoms with Gasteiger partial charge in [-0.05, 0) is 61.3 Å². The molecule has 0 spiro atoms. The molecule has 0 bridgehead atoms. The zero-order chi connectivity index (χ0) is 25.5. The number of aryl methyl sites for hydroxylation is 1. The van der Waals surface area contributed by atoms with Crippen molar-refractivity contribution in [3.63, 3.8) is 0 Å². The Morgan fingerprint density at radius 3 is 2.61 bits per heavy atom. The van der Waals surface area contributed by atoms with Crippen molar-refractivity contribution in [1.29, 1.82) is 0 Å². The van der Waals surface area contributed by atoms with Crippen LogP contribution in [0.3, 0.4) is 0 Å². The van der Waals surface area contributed by atoms with E-state index in [0.717, 1.165) is 44.8 Å². The van der Waals surface area contributed by atoms with Gasteiger partial charge in [-0.3, -0.25) is 9.69 Å². The first-order valence-corrected chi connectivity index (χ1v) is 12.5. The highest BCUT2D eigenvalue weighted by molar-refractivity contribution is 7.11. The molecule has 3 amide bonds. The Bertz CT molecular complexity index is 1210. The van der Waals surface area contributed by atoms with Gasteiger partial charge in [-0.15, -0.1) is 0 Å². The average Bonchev–Trinajstić information content (AvgIpc) is 3.29. The first kappa shape index (κ1) is 25.5. The largest absolute Gasteiger partial charge is 0.379 e. The van der Waals surface area contributed by atoms with Gasteiger partial charge in [0.25, 0.3) is 5.91 Å². The van der Waals surface area contributed by atoms with Crippen LogP contribution in [0.2, 0.25) is 0 Å². The van der Waals surface area contributed by atoms with E-state index < -0.39 is 17.8 Å². The molecule has 4 rings (SSSR count). The molecule has 1 aliphatic rings. The van der Waals surface area contributed by atoms with Gasteiger partial charge in [0.1, 0.15) is 16.4 Å². The highest BCUT2D eigenvalue weighted by Gasteiger charge is 2.20. The van der Waals surface area contributed by atoms with Crippen molar-refractivity contribution in [2.75, 3.05) is 55.3 Å². The fourth-order valence-corrected chi connectivity index (χ4v) is 4.73. The Labute approximate surface area is 213 Å². The number of nitrogens with two attached hydrogens (primary N) is 1. The second-order valence-electron chi connectivity index (χ2n) is 8.47. The van der Waals surface area contributed by atoms with E-state index in [1.807, 2.05) is 6.92 Å². The van der Waals surface area contributed by atoms with Gasteiger partial charge in [-0.2, -0.15) is 4.37 Å². The number of benzene rings is 2. The lowest BCUT2D eigenvalue weighted by atomic mass is 10.1. The number of primary amides is 1. The molecule has 1 saturated heterocycles. The summed E-state index contributed by atoms with van der Waals surface area (Å²) in [5.41, 5.74) is 8.64. The summed E-state index contributed by atoms with van der Waals surface area (Å²) in [5, 5.41) is 9.11. The monoisotopic (exact) mass is 512 g/mol. The van der Waals surface area contributed by atoms with Crippen molar-refractivity contribution in [2.24, 2.45) is 5.73 Å². The van der Waals surface area contributed by atoms with Gasteiger partial charge in [0.05, 0.1) is 24.6 Å². The normalized spacial score (nSPS) is 13.8. The minimum atomic E-state index is -0.567. The lowest BCUT2D eigenvalue weighted by Gasteiger charge is -2.26. The number of amides is 3. The predicted octanol–water partition coefficient (Wildman–Crippen LogP) is 4.13. The van der Waals surface area contributed by atoms with Crippen LogP contribution in [0.15, 0.2) is 42.5 Å². The van der Waals surface area contributed by atoms with E-state index in [2.05, 4.69) is 25.2 Å². The van der Waals surface area contributed by atoms with Crippen LogP contribution in [0.25, 0.3) is 11.3 Å². The van der Waals surface area contributed by atoms with Crippen LogP contribution < -0.4 is 21.7 Å². The van der Waals surface area contributed by atoms with Crippen LogP contribution in [0.4, 0.5) is 25.6 Å². The quantitative estimate of drug-likeness (QED) is 0.320. The number of halogens is 1. The highest BCUT2D eigenvalue weighted by Crippen LogP contribution is 2.32. The summed E-state index contributed by atoms with van der Waals surface area (Å²) in [6.07, 6.45) is 0.917. The van der Waals surface area contributed by atoms with E-state index in [9.17, 15) is 14.0 Å². The molecule has 3 aromatic rings. The summed E-state index contributed by atoms with van der Waals surface area (Å²) in [6, 6.07) is 10.8. The van der Waals surface area contributed by atoms with Gasteiger partial charge < -0.3 is 26.4 Å². The number of morpholine rings is 1. The lowest BCUT2D eigenvalue weighted by Crippen LogP contribution is -2.37. The third-order valence-electron chi connectivity index (χ3n) is 5.77. The van der Waals surface area contributed by atoms with Crippen molar-refractivity contribution < 1.29 is 18.7 Å².